The number of rotatable bonds is 4. The number of aryl methyl sites for hydroxylation is 1. The monoisotopic (exact) mass is 340 g/mol. The molecule has 0 amide bonds. The van der Waals surface area contributed by atoms with Crippen molar-refractivity contribution in [3.8, 4) is 5.75 Å². The molecule has 1 N–H and O–H groups in total. The standard InChI is InChI=1S/C14H21ClN2O.2ClH/c1-11-9-13(3-4-14(11)15)18-10-12(2)17-7-5-16-6-8-17;;/h3-4,9,12,16H,5-8,10H2,1-2H3;2*1H. The Morgan fingerprint density at radius 2 is 1.95 bits per heavy atom. The van der Waals surface area contributed by atoms with Gasteiger partial charge in [-0.3, -0.25) is 4.90 Å². The highest BCUT2D eigenvalue weighted by Crippen LogP contribution is 2.21. The van der Waals surface area contributed by atoms with Crippen LogP contribution >= 0.6 is 36.4 Å². The highest BCUT2D eigenvalue weighted by atomic mass is 35.5. The van der Waals surface area contributed by atoms with Crippen LogP contribution in [0.2, 0.25) is 5.02 Å². The molecule has 0 saturated carbocycles. The number of hydrogen-bond acceptors (Lipinski definition) is 3. The number of hydrogen-bond donors (Lipinski definition) is 1. The molecule has 1 saturated heterocycles. The van der Waals surface area contributed by atoms with E-state index in [2.05, 4.69) is 17.1 Å². The van der Waals surface area contributed by atoms with Crippen molar-refractivity contribution >= 4 is 36.4 Å². The van der Waals surface area contributed by atoms with E-state index in [1.54, 1.807) is 0 Å². The Kier molecular flexibility index (Phi) is 9.60. The smallest absolute Gasteiger partial charge is 0.119 e. The molecule has 0 aromatic heterocycles. The van der Waals surface area contributed by atoms with Gasteiger partial charge in [0.15, 0.2) is 0 Å². The average Bonchev–Trinajstić information content (AvgIpc) is 2.41. The minimum atomic E-state index is 0. The number of nitrogens with zero attached hydrogens (tertiary/aromatic N) is 1. The SMILES string of the molecule is Cc1cc(OCC(C)N2CCNCC2)ccc1Cl.Cl.Cl. The maximum absolute atomic E-state index is 5.99. The van der Waals surface area contributed by atoms with E-state index in [0.717, 1.165) is 49.1 Å². The van der Waals surface area contributed by atoms with Crippen molar-refractivity contribution in [2.24, 2.45) is 0 Å². The van der Waals surface area contributed by atoms with Crippen molar-refractivity contribution in [1.29, 1.82) is 0 Å². The van der Waals surface area contributed by atoms with Crippen LogP contribution in [-0.2, 0) is 0 Å². The molecule has 0 spiro atoms. The molecule has 116 valence electrons. The van der Waals surface area contributed by atoms with Gasteiger partial charge < -0.3 is 10.1 Å². The van der Waals surface area contributed by atoms with Crippen molar-refractivity contribution < 1.29 is 4.74 Å². The highest BCUT2D eigenvalue weighted by molar-refractivity contribution is 6.31. The van der Waals surface area contributed by atoms with Crippen LogP contribution in [0.25, 0.3) is 0 Å². The summed E-state index contributed by atoms with van der Waals surface area (Å²) < 4.78 is 5.84. The van der Waals surface area contributed by atoms with Crippen LogP contribution in [0.3, 0.4) is 0 Å². The molecule has 1 aliphatic rings. The summed E-state index contributed by atoms with van der Waals surface area (Å²) in [6.45, 7) is 9.28. The third-order valence-corrected chi connectivity index (χ3v) is 3.82. The van der Waals surface area contributed by atoms with E-state index in [-0.39, 0.29) is 24.8 Å². The summed E-state index contributed by atoms with van der Waals surface area (Å²) in [6.07, 6.45) is 0. The summed E-state index contributed by atoms with van der Waals surface area (Å²) in [7, 11) is 0. The molecule has 1 fully saturated rings. The first kappa shape index (κ1) is 19.8. The lowest BCUT2D eigenvalue weighted by atomic mass is 10.2. The van der Waals surface area contributed by atoms with E-state index in [1.165, 1.54) is 0 Å². The fourth-order valence-electron chi connectivity index (χ4n) is 2.15. The predicted octanol–water partition coefficient (Wildman–Crippen LogP) is 3.16. The summed E-state index contributed by atoms with van der Waals surface area (Å²) in [5.74, 6) is 0.902. The first-order chi connectivity index (χ1) is 8.66. The lowest BCUT2D eigenvalue weighted by molar-refractivity contribution is 0.132. The zero-order valence-electron chi connectivity index (χ0n) is 11.9. The van der Waals surface area contributed by atoms with E-state index in [9.17, 15) is 0 Å². The molecular formula is C14H23Cl3N2O. The van der Waals surface area contributed by atoms with E-state index >= 15 is 0 Å². The first-order valence-corrected chi connectivity index (χ1v) is 6.88. The van der Waals surface area contributed by atoms with Crippen molar-refractivity contribution in [1.82, 2.24) is 10.2 Å². The van der Waals surface area contributed by atoms with Gasteiger partial charge in [0.2, 0.25) is 0 Å². The van der Waals surface area contributed by atoms with Crippen molar-refractivity contribution in [2.45, 2.75) is 19.9 Å². The summed E-state index contributed by atoms with van der Waals surface area (Å²) in [5, 5.41) is 4.15. The Morgan fingerprint density at radius 1 is 1.30 bits per heavy atom. The van der Waals surface area contributed by atoms with E-state index < -0.39 is 0 Å². The van der Waals surface area contributed by atoms with E-state index in [0.29, 0.717) is 6.04 Å². The van der Waals surface area contributed by atoms with Gasteiger partial charge in [0.05, 0.1) is 0 Å². The van der Waals surface area contributed by atoms with Crippen molar-refractivity contribution in [3.63, 3.8) is 0 Å². The molecule has 6 heteroatoms. The number of benzene rings is 1. The molecule has 1 aromatic carbocycles. The normalized spacial score (nSPS) is 16.8. The van der Waals surface area contributed by atoms with Crippen LogP contribution in [0.4, 0.5) is 0 Å². The first-order valence-electron chi connectivity index (χ1n) is 6.50. The fraction of sp³-hybridized carbons (Fsp3) is 0.571. The summed E-state index contributed by atoms with van der Waals surface area (Å²) in [6, 6.07) is 6.26. The minimum Gasteiger partial charge on any atom is -0.492 e. The minimum absolute atomic E-state index is 0. The molecule has 3 nitrogen and oxygen atoms in total. The molecule has 0 radical (unpaired) electrons. The third kappa shape index (κ3) is 5.66. The van der Waals surface area contributed by atoms with Crippen LogP contribution < -0.4 is 10.1 Å². The summed E-state index contributed by atoms with van der Waals surface area (Å²) in [5.41, 5.74) is 1.06. The maximum atomic E-state index is 5.99. The largest absolute Gasteiger partial charge is 0.492 e. The maximum Gasteiger partial charge on any atom is 0.119 e. The van der Waals surface area contributed by atoms with Gasteiger partial charge in [0.1, 0.15) is 12.4 Å². The molecule has 2 rings (SSSR count). The zero-order chi connectivity index (χ0) is 13.0. The molecular weight excluding hydrogens is 319 g/mol. The van der Waals surface area contributed by atoms with Gasteiger partial charge in [-0.25, -0.2) is 0 Å². The van der Waals surface area contributed by atoms with E-state index in [4.69, 9.17) is 16.3 Å². The Labute approximate surface area is 138 Å². The number of piperazine rings is 1. The molecule has 1 atom stereocenters. The van der Waals surface area contributed by atoms with Gasteiger partial charge in [-0.2, -0.15) is 0 Å². The summed E-state index contributed by atoms with van der Waals surface area (Å²) >= 11 is 5.99. The van der Waals surface area contributed by atoms with Crippen molar-refractivity contribution in [2.75, 3.05) is 32.8 Å². The van der Waals surface area contributed by atoms with Crippen LogP contribution in [0.15, 0.2) is 18.2 Å². The number of ether oxygens (including phenoxy) is 1. The second-order valence-corrected chi connectivity index (χ2v) is 5.26. The average molecular weight is 342 g/mol. The highest BCUT2D eigenvalue weighted by Gasteiger charge is 2.16. The predicted molar refractivity (Wildman–Crippen MR) is 90.1 cm³/mol. The molecule has 1 aliphatic heterocycles. The van der Waals surface area contributed by atoms with Gasteiger partial charge in [-0.1, -0.05) is 11.6 Å². The quantitative estimate of drug-likeness (QED) is 0.910. The second kappa shape index (κ2) is 9.69. The number of nitrogens with one attached hydrogen (secondary N) is 1. The van der Waals surface area contributed by atoms with Gasteiger partial charge in [-0.15, -0.1) is 24.8 Å². The van der Waals surface area contributed by atoms with E-state index in [1.807, 2.05) is 25.1 Å². The molecule has 1 aromatic rings. The van der Waals surface area contributed by atoms with Crippen LogP contribution in [0.1, 0.15) is 12.5 Å². The fourth-order valence-corrected chi connectivity index (χ4v) is 2.27. The van der Waals surface area contributed by atoms with Gasteiger partial charge in [0.25, 0.3) is 0 Å². The van der Waals surface area contributed by atoms with Crippen molar-refractivity contribution in [3.05, 3.63) is 28.8 Å². The Hall–Kier alpha value is -0.190. The molecule has 1 unspecified atom stereocenters. The topological polar surface area (TPSA) is 24.5 Å². The lowest BCUT2D eigenvalue weighted by Crippen LogP contribution is -2.49. The van der Waals surface area contributed by atoms with Crippen LogP contribution in [0.5, 0.6) is 5.75 Å². The van der Waals surface area contributed by atoms with Crippen LogP contribution in [-0.4, -0.2) is 43.7 Å². The molecule has 0 bridgehead atoms. The van der Waals surface area contributed by atoms with Crippen LogP contribution in [0, 0.1) is 6.92 Å². The third-order valence-electron chi connectivity index (χ3n) is 3.40. The second-order valence-electron chi connectivity index (χ2n) is 4.86. The number of halogens is 3. The van der Waals surface area contributed by atoms with Gasteiger partial charge in [-0.05, 0) is 37.6 Å². The molecule has 20 heavy (non-hydrogen) atoms. The van der Waals surface area contributed by atoms with Gasteiger partial charge >= 0.3 is 0 Å². The Balaban J connectivity index is 0.00000180. The Bertz CT molecular complexity index is 398. The Morgan fingerprint density at radius 3 is 2.55 bits per heavy atom. The van der Waals surface area contributed by atoms with Gasteiger partial charge in [0, 0.05) is 37.2 Å². The summed E-state index contributed by atoms with van der Waals surface area (Å²) in [4.78, 5) is 2.46. The molecule has 1 heterocycles. The molecule has 0 aliphatic carbocycles. The zero-order valence-corrected chi connectivity index (χ0v) is 14.3. The lowest BCUT2D eigenvalue weighted by Gasteiger charge is -2.32.